The number of nitrogens with zero attached hydrogens (tertiary/aromatic N) is 1. The van der Waals surface area contributed by atoms with Gasteiger partial charge in [0.1, 0.15) is 27.9 Å². The molecule has 0 bridgehead atoms. The van der Waals surface area contributed by atoms with E-state index in [1.807, 2.05) is 0 Å². The fourth-order valence-electron chi connectivity index (χ4n) is 2.83. The van der Waals surface area contributed by atoms with E-state index in [-0.39, 0.29) is 16.6 Å². The molecule has 1 N–H and O–H groups in total. The minimum Gasteiger partial charge on any atom is -0.481 e. The van der Waals surface area contributed by atoms with Crippen molar-refractivity contribution in [1.82, 2.24) is 4.98 Å². The Morgan fingerprint density at radius 3 is 2.57 bits per heavy atom. The number of ether oxygens (including phenoxy) is 1. The molecule has 0 amide bonds. The first kappa shape index (κ1) is 19.1. The molecule has 0 aliphatic heterocycles. The average Bonchev–Trinajstić information content (AvgIpc) is 3.24. The second-order valence-electron chi connectivity index (χ2n) is 6.27. The molecule has 1 aliphatic carbocycles. The Kier molecular flexibility index (Phi) is 4.76. The van der Waals surface area contributed by atoms with E-state index in [4.69, 9.17) is 16.3 Å². The van der Waals surface area contributed by atoms with Crippen molar-refractivity contribution in [1.29, 1.82) is 0 Å². The predicted molar refractivity (Wildman–Crippen MR) is 102 cm³/mol. The molecule has 0 atom stereocenters. The highest BCUT2D eigenvalue weighted by atomic mass is 35.5. The maximum absolute atomic E-state index is 14.6. The number of nitrogens with one attached hydrogen (secondary N) is 1. The molecule has 1 aliphatic rings. The third-order valence-corrected chi connectivity index (χ3v) is 6.57. The maximum Gasteiger partial charge on any atom is 0.266 e. The van der Waals surface area contributed by atoms with Crippen LogP contribution in [0.25, 0.3) is 0 Å². The molecule has 4 rings (SSSR count). The minimum atomic E-state index is -4.22. The van der Waals surface area contributed by atoms with E-state index in [0.29, 0.717) is 18.4 Å². The van der Waals surface area contributed by atoms with Crippen LogP contribution in [0.15, 0.2) is 52.2 Å². The molecular formula is C18H13ClF2N2O3S2. The fraction of sp³-hybridized carbons (Fsp3) is 0.167. The highest BCUT2D eigenvalue weighted by Gasteiger charge is 2.49. The van der Waals surface area contributed by atoms with Gasteiger partial charge in [-0.1, -0.05) is 29.8 Å². The van der Waals surface area contributed by atoms with Crippen molar-refractivity contribution in [2.75, 3.05) is 4.72 Å². The normalized spacial score (nSPS) is 15.2. The third kappa shape index (κ3) is 3.57. The Bertz CT molecular complexity index is 1130. The molecule has 146 valence electrons. The molecule has 2 aromatic carbocycles. The maximum atomic E-state index is 14.6. The van der Waals surface area contributed by atoms with Gasteiger partial charge in [0.15, 0.2) is 5.82 Å². The molecule has 3 aromatic rings. The molecule has 0 unspecified atom stereocenters. The molecule has 0 saturated heterocycles. The van der Waals surface area contributed by atoms with Gasteiger partial charge in [0.2, 0.25) is 0 Å². The van der Waals surface area contributed by atoms with Gasteiger partial charge in [-0.3, -0.25) is 4.72 Å². The van der Waals surface area contributed by atoms with Crippen molar-refractivity contribution in [2.24, 2.45) is 0 Å². The lowest BCUT2D eigenvalue weighted by molar-refractivity contribution is 0.175. The van der Waals surface area contributed by atoms with Gasteiger partial charge in [-0.15, -0.1) is 11.3 Å². The standard InChI is InChI=1S/C18H13ClF2N2O3S2/c19-12-7-16(28(24,25)23-17-9-27-10-22-17)14(21)8-15(12)26-18(5-6-18)11-3-1-2-4-13(11)20/h1-4,7-10,23H,5-6H2. The van der Waals surface area contributed by atoms with E-state index < -0.39 is 32.2 Å². The third-order valence-electron chi connectivity index (χ3n) is 4.32. The van der Waals surface area contributed by atoms with Gasteiger partial charge in [0, 0.05) is 17.0 Å². The van der Waals surface area contributed by atoms with Crippen molar-refractivity contribution in [3.05, 3.63) is 69.5 Å². The quantitative estimate of drug-likeness (QED) is 0.587. The molecule has 5 nitrogen and oxygen atoms in total. The minimum absolute atomic E-state index is 0.0486. The van der Waals surface area contributed by atoms with E-state index >= 15 is 0 Å². The van der Waals surface area contributed by atoms with Gasteiger partial charge in [-0.25, -0.2) is 22.2 Å². The van der Waals surface area contributed by atoms with Crippen LogP contribution in [0, 0.1) is 11.6 Å². The van der Waals surface area contributed by atoms with Crippen LogP contribution in [0.1, 0.15) is 18.4 Å². The van der Waals surface area contributed by atoms with Crippen LogP contribution < -0.4 is 9.46 Å². The molecule has 1 aromatic heterocycles. The fourth-order valence-corrected chi connectivity index (χ4v) is 4.74. The zero-order valence-corrected chi connectivity index (χ0v) is 16.5. The second-order valence-corrected chi connectivity index (χ2v) is 9.05. The number of aromatic nitrogens is 1. The molecule has 0 spiro atoms. The lowest BCUT2D eigenvalue weighted by atomic mass is 10.1. The summed E-state index contributed by atoms with van der Waals surface area (Å²) in [4.78, 5) is 3.18. The molecular weight excluding hydrogens is 430 g/mol. The summed E-state index contributed by atoms with van der Waals surface area (Å²) in [5.74, 6) is -1.43. The Labute approximate surface area is 169 Å². The summed E-state index contributed by atoms with van der Waals surface area (Å²) >= 11 is 7.35. The monoisotopic (exact) mass is 442 g/mol. The molecule has 0 radical (unpaired) electrons. The summed E-state index contributed by atoms with van der Waals surface area (Å²) in [7, 11) is -4.22. The SMILES string of the molecule is O=S(=O)(Nc1cscn1)c1cc(Cl)c(OC2(c3ccccc3F)CC2)cc1F. The first-order chi connectivity index (χ1) is 13.3. The summed E-state index contributed by atoms with van der Waals surface area (Å²) in [5, 5.41) is 1.38. The summed E-state index contributed by atoms with van der Waals surface area (Å²) in [6.07, 6.45) is 1.08. The van der Waals surface area contributed by atoms with Crippen LogP contribution in [0.2, 0.25) is 5.02 Å². The van der Waals surface area contributed by atoms with Gasteiger partial charge in [-0.2, -0.15) is 0 Å². The predicted octanol–water partition coefficient (Wildman–Crippen LogP) is 4.94. The number of rotatable bonds is 6. The van der Waals surface area contributed by atoms with E-state index in [9.17, 15) is 17.2 Å². The van der Waals surface area contributed by atoms with Crippen molar-refractivity contribution in [2.45, 2.75) is 23.3 Å². The molecule has 28 heavy (non-hydrogen) atoms. The Hall–Kier alpha value is -2.23. The van der Waals surface area contributed by atoms with Crippen LogP contribution in [-0.4, -0.2) is 13.4 Å². The zero-order chi connectivity index (χ0) is 19.9. The molecule has 1 saturated carbocycles. The molecule has 1 heterocycles. The molecule has 10 heteroatoms. The van der Waals surface area contributed by atoms with Gasteiger partial charge in [0.25, 0.3) is 10.0 Å². The number of hydrogen-bond donors (Lipinski definition) is 1. The first-order valence-electron chi connectivity index (χ1n) is 8.15. The number of sulfonamides is 1. The van der Waals surface area contributed by atoms with Crippen LogP contribution in [0.3, 0.4) is 0 Å². The first-order valence-corrected chi connectivity index (χ1v) is 11.0. The summed E-state index contributed by atoms with van der Waals surface area (Å²) < 4.78 is 61.5. The van der Waals surface area contributed by atoms with E-state index in [2.05, 4.69) is 9.71 Å². The van der Waals surface area contributed by atoms with Gasteiger partial charge in [0.05, 0.1) is 10.5 Å². The van der Waals surface area contributed by atoms with Crippen molar-refractivity contribution < 1.29 is 21.9 Å². The zero-order valence-electron chi connectivity index (χ0n) is 14.2. The Morgan fingerprint density at radius 1 is 1.18 bits per heavy atom. The number of benzene rings is 2. The highest BCUT2D eigenvalue weighted by Crippen LogP contribution is 2.51. The largest absolute Gasteiger partial charge is 0.481 e. The number of thiazole rings is 1. The smallest absolute Gasteiger partial charge is 0.266 e. The van der Waals surface area contributed by atoms with Gasteiger partial charge in [-0.05, 0) is 25.0 Å². The van der Waals surface area contributed by atoms with Crippen molar-refractivity contribution >= 4 is 38.8 Å². The van der Waals surface area contributed by atoms with E-state index in [1.54, 1.807) is 18.2 Å². The number of hydrogen-bond acceptors (Lipinski definition) is 5. The van der Waals surface area contributed by atoms with E-state index in [1.165, 1.54) is 28.3 Å². The van der Waals surface area contributed by atoms with Crippen LogP contribution in [0.4, 0.5) is 14.6 Å². The van der Waals surface area contributed by atoms with E-state index in [0.717, 1.165) is 12.1 Å². The van der Waals surface area contributed by atoms with Gasteiger partial charge >= 0.3 is 0 Å². The lowest BCUT2D eigenvalue weighted by Gasteiger charge is -2.20. The summed E-state index contributed by atoms with van der Waals surface area (Å²) in [6, 6.07) is 8.04. The Balaban J connectivity index is 1.64. The van der Waals surface area contributed by atoms with Gasteiger partial charge < -0.3 is 4.74 Å². The highest BCUT2D eigenvalue weighted by molar-refractivity contribution is 7.92. The average molecular weight is 443 g/mol. The lowest BCUT2D eigenvalue weighted by Crippen LogP contribution is -2.19. The second kappa shape index (κ2) is 6.98. The molecule has 1 fully saturated rings. The van der Waals surface area contributed by atoms with Crippen molar-refractivity contribution in [3.63, 3.8) is 0 Å². The number of halogens is 3. The van der Waals surface area contributed by atoms with Crippen LogP contribution in [-0.2, 0) is 15.6 Å². The number of anilines is 1. The summed E-state index contributed by atoms with van der Waals surface area (Å²) in [6.45, 7) is 0. The topological polar surface area (TPSA) is 68.3 Å². The Morgan fingerprint density at radius 2 is 1.93 bits per heavy atom. The van der Waals surface area contributed by atoms with Crippen LogP contribution >= 0.6 is 22.9 Å². The summed E-state index contributed by atoms with van der Waals surface area (Å²) in [5.41, 5.74) is 0.865. The van der Waals surface area contributed by atoms with Crippen LogP contribution in [0.5, 0.6) is 5.75 Å². The van der Waals surface area contributed by atoms with Crippen molar-refractivity contribution in [3.8, 4) is 5.75 Å².